The van der Waals surface area contributed by atoms with Crippen molar-refractivity contribution in [2.24, 2.45) is 0 Å². The van der Waals surface area contributed by atoms with Gasteiger partial charge in [-0.1, -0.05) is 12.1 Å². The highest BCUT2D eigenvalue weighted by Gasteiger charge is 2.31. The van der Waals surface area contributed by atoms with Crippen LogP contribution in [0.1, 0.15) is 20.8 Å². The Morgan fingerprint density at radius 3 is 2.39 bits per heavy atom. The zero-order valence-electron chi connectivity index (χ0n) is 17.7. The van der Waals surface area contributed by atoms with Gasteiger partial charge in [0.25, 0.3) is 5.69 Å². The molecule has 0 aliphatic heterocycles. The number of rotatable bonds is 6. The number of nitro groups is 1. The van der Waals surface area contributed by atoms with Crippen LogP contribution in [0.3, 0.4) is 0 Å². The fraction of sp³-hybridized carbons (Fsp3) is 0.238. The molecule has 174 valence electrons. The van der Waals surface area contributed by atoms with Gasteiger partial charge in [-0.2, -0.15) is 4.98 Å². The van der Waals surface area contributed by atoms with Crippen LogP contribution in [0.25, 0.3) is 11.3 Å². The van der Waals surface area contributed by atoms with E-state index in [0.717, 1.165) is 24.3 Å². The molecule has 2 aromatic carbocycles. The summed E-state index contributed by atoms with van der Waals surface area (Å²) in [6, 6.07) is 9.58. The van der Waals surface area contributed by atoms with E-state index in [0.29, 0.717) is 0 Å². The summed E-state index contributed by atoms with van der Waals surface area (Å²) in [7, 11) is 0. The van der Waals surface area contributed by atoms with Crippen LogP contribution in [0.2, 0.25) is 0 Å². The molecule has 0 radical (unpaired) electrons. The van der Waals surface area contributed by atoms with E-state index in [1.165, 1.54) is 24.3 Å². The highest BCUT2D eigenvalue weighted by Crippen LogP contribution is 2.32. The van der Waals surface area contributed by atoms with Crippen molar-refractivity contribution in [2.45, 2.75) is 32.7 Å². The summed E-state index contributed by atoms with van der Waals surface area (Å²) in [6.07, 6.45) is -4.86. The number of benzene rings is 2. The van der Waals surface area contributed by atoms with Gasteiger partial charge in [-0.05, 0) is 45.0 Å². The summed E-state index contributed by atoms with van der Waals surface area (Å²) in [5.74, 6) is -1.00. The molecule has 0 bridgehead atoms. The summed E-state index contributed by atoms with van der Waals surface area (Å²) >= 11 is 0. The van der Waals surface area contributed by atoms with Gasteiger partial charge in [0, 0.05) is 17.2 Å². The Morgan fingerprint density at radius 2 is 1.76 bits per heavy atom. The molecule has 0 aliphatic rings. The van der Waals surface area contributed by atoms with E-state index in [1.54, 1.807) is 0 Å². The first-order chi connectivity index (χ1) is 15.3. The second-order valence-electron chi connectivity index (χ2n) is 7.96. The highest BCUT2D eigenvalue weighted by atomic mass is 19.4. The Morgan fingerprint density at radius 1 is 1.03 bits per heavy atom. The molecular weight excluding hydrogens is 446 g/mol. The van der Waals surface area contributed by atoms with Crippen LogP contribution in [0.4, 0.5) is 40.7 Å². The zero-order valence-corrected chi connectivity index (χ0v) is 17.7. The van der Waals surface area contributed by atoms with Gasteiger partial charge in [-0.15, -0.1) is 13.2 Å². The van der Waals surface area contributed by atoms with Gasteiger partial charge in [-0.25, -0.2) is 9.37 Å². The summed E-state index contributed by atoms with van der Waals surface area (Å²) in [5.41, 5.74) is -0.508. The predicted molar refractivity (Wildman–Crippen MR) is 114 cm³/mol. The second kappa shape index (κ2) is 8.88. The largest absolute Gasteiger partial charge is 0.573 e. The SMILES string of the molecule is CC(C)(C)Nc1nc(Nc2ccc(F)cc2[N+](=O)[O-])cc(-c2cccc(OC(F)(F)F)c2)n1. The average molecular weight is 465 g/mol. The molecule has 8 nitrogen and oxygen atoms in total. The van der Waals surface area contributed by atoms with Crippen molar-refractivity contribution in [2.75, 3.05) is 10.6 Å². The lowest BCUT2D eigenvalue weighted by molar-refractivity contribution is -0.384. The van der Waals surface area contributed by atoms with Gasteiger partial charge in [0.1, 0.15) is 23.1 Å². The zero-order chi connectivity index (χ0) is 24.4. The highest BCUT2D eigenvalue weighted by molar-refractivity contribution is 5.72. The Kier molecular flexibility index (Phi) is 6.38. The molecular formula is C21H19F4N5O3. The van der Waals surface area contributed by atoms with E-state index in [1.807, 2.05) is 20.8 Å². The van der Waals surface area contributed by atoms with E-state index in [9.17, 15) is 27.7 Å². The Labute approximate surface area is 185 Å². The lowest BCUT2D eigenvalue weighted by atomic mass is 10.1. The number of hydrogen-bond acceptors (Lipinski definition) is 7. The molecule has 0 saturated carbocycles. The van der Waals surface area contributed by atoms with Crippen LogP contribution in [0.15, 0.2) is 48.5 Å². The molecule has 33 heavy (non-hydrogen) atoms. The van der Waals surface area contributed by atoms with Crippen molar-refractivity contribution in [3.05, 3.63) is 64.5 Å². The Hall–Kier alpha value is -3.96. The molecule has 0 atom stereocenters. The van der Waals surface area contributed by atoms with Crippen molar-refractivity contribution in [1.82, 2.24) is 9.97 Å². The Bertz CT molecular complexity index is 1180. The van der Waals surface area contributed by atoms with Crippen molar-refractivity contribution in [3.8, 4) is 17.0 Å². The third-order valence-corrected chi connectivity index (χ3v) is 4.00. The molecule has 0 unspecified atom stereocenters. The fourth-order valence-corrected chi connectivity index (χ4v) is 2.80. The molecule has 3 rings (SSSR count). The molecule has 0 amide bonds. The van der Waals surface area contributed by atoms with E-state index >= 15 is 0 Å². The molecule has 1 heterocycles. The van der Waals surface area contributed by atoms with Crippen molar-refractivity contribution >= 4 is 23.1 Å². The first-order valence-electron chi connectivity index (χ1n) is 9.53. The number of nitro benzene ring substituents is 1. The lowest BCUT2D eigenvalue weighted by Crippen LogP contribution is -2.27. The van der Waals surface area contributed by atoms with Crippen LogP contribution >= 0.6 is 0 Å². The first-order valence-corrected chi connectivity index (χ1v) is 9.53. The normalized spacial score (nSPS) is 11.7. The molecule has 0 spiro atoms. The van der Waals surface area contributed by atoms with Gasteiger partial charge in [0.05, 0.1) is 16.7 Å². The minimum absolute atomic E-state index is 0.0260. The molecule has 0 aliphatic carbocycles. The molecule has 3 aromatic rings. The second-order valence-corrected chi connectivity index (χ2v) is 7.96. The van der Waals surface area contributed by atoms with Crippen LogP contribution < -0.4 is 15.4 Å². The molecule has 1 aromatic heterocycles. The maximum atomic E-state index is 13.5. The van der Waals surface area contributed by atoms with Gasteiger partial charge in [-0.3, -0.25) is 10.1 Å². The summed E-state index contributed by atoms with van der Waals surface area (Å²) < 4.78 is 55.3. The maximum Gasteiger partial charge on any atom is 0.573 e. The van der Waals surface area contributed by atoms with Crippen molar-refractivity contribution in [1.29, 1.82) is 0 Å². The van der Waals surface area contributed by atoms with Crippen molar-refractivity contribution in [3.63, 3.8) is 0 Å². The van der Waals surface area contributed by atoms with Gasteiger partial charge in [0.15, 0.2) is 0 Å². The van der Waals surface area contributed by atoms with E-state index in [2.05, 4.69) is 25.3 Å². The quantitative estimate of drug-likeness (QED) is 0.260. The standard InChI is InChI=1S/C21H19F4N5O3/c1-20(2,3)29-19-27-16(12-5-4-6-14(9-12)33-21(23,24)25)11-18(28-19)26-15-8-7-13(22)10-17(15)30(31)32/h4-11H,1-3H3,(H2,26,27,28,29). The molecule has 12 heteroatoms. The number of nitrogens with zero attached hydrogens (tertiary/aromatic N) is 3. The van der Waals surface area contributed by atoms with Crippen LogP contribution in [0, 0.1) is 15.9 Å². The number of halogens is 4. The van der Waals surface area contributed by atoms with Crippen LogP contribution in [-0.4, -0.2) is 26.8 Å². The molecule has 0 fully saturated rings. The first kappa shape index (κ1) is 23.7. The van der Waals surface area contributed by atoms with Gasteiger partial charge < -0.3 is 15.4 Å². The summed E-state index contributed by atoms with van der Waals surface area (Å²) in [4.78, 5) is 19.2. The summed E-state index contributed by atoms with van der Waals surface area (Å²) in [6.45, 7) is 5.54. The van der Waals surface area contributed by atoms with Crippen LogP contribution in [-0.2, 0) is 0 Å². The fourth-order valence-electron chi connectivity index (χ4n) is 2.80. The average Bonchev–Trinajstić information content (AvgIpc) is 2.66. The van der Waals surface area contributed by atoms with E-state index in [-0.39, 0.29) is 28.7 Å². The molecule has 0 saturated heterocycles. The summed E-state index contributed by atoms with van der Waals surface area (Å²) in [5, 5.41) is 17.1. The topological polar surface area (TPSA) is 102 Å². The van der Waals surface area contributed by atoms with Crippen LogP contribution in [0.5, 0.6) is 5.75 Å². The number of nitrogens with one attached hydrogen (secondary N) is 2. The minimum Gasteiger partial charge on any atom is -0.406 e. The smallest absolute Gasteiger partial charge is 0.406 e. The van der Waals surface area contributed by atoms with Crippen molar-refractivity contribution < 1.29 is 27.2 Å². The number of hydrogen-bond donors (Lipinski definition) is 2. The number of alkyl halides is 3. The molecule has 2 N–H and O–H groups in total. The minimum atomic E-state index is -4.86. The maximum absolute atomic E-state index is 13.5. The third kappa shape index (κ3) is 6.76. The lowest BCUT2D eigenvalue weighted by Gasteiger charge is -2.21. The van der Waals surface area contributed by atoms with E-state index < -0.39 is 34.1 Å². The third-order valence-electron chi connectivity index (χ3n) is 4.00. The van der Waals surface area contributed by atoms with Gasteiger partial charge in [0.2, 0.25) is 5.95 Å². The monoisotopic (exact) mass is 465 g/mol. The predicted octanol–water partition coefficient (Wildman–Crippen LogP) is 6.04. The van der Waals surface area contributed by atoms with Gasteiger partial charge >= 0.3 is 6.36 Å². The Balaban J connectivity index is 2.06. The number of aromatic nitrogens is 2. The number of anilines is 3. The number of ether oxygens (including phenoxy) is 1. The van der Waals surface area contributed by atoms with E-state index in [4.69, 9.17) is 0 Å².